The molecule has 2 N–H and O–H groups in total. The minimum Gasteiger partial charge on any atom is -0.336 e. The van der Waals surface area contributed by atoms with Crippen molar-refractivity contribution in [2.75, 3.05) is 13.6 Å². The molecular formula is C13H17N5O. The molecular weight excluding hydrogens is 242 g/mol. The zero-order valence-electron chi connectivity index (χ0n) is 11.0. The summed E-state index contributed by atoms with van der Waals surface area (Å²) in [5, 5.41) is 7.87. The van der Waals surface area contributed by atoms with E-state index in [1.54, 1.807) is 22.8 Å². The van der Waals surface area contributed by atoms with Crippen LogP contribution in [-0.4, -0.2) is 45.4 Å². The van der Waals surface area contributed by atoms with E-state index in [1.807, 2.05) is 37.3 Å². The molecule has 1 aromatic carbocycles. The predicted octanol–water partition coefficient (Wildman–Crippen LogP) is 0.686. The smallest absolute Gasteiger partial charge is 0.276 e. The molecule has 0 radical (unpaired) electrons. The van der Waals surface area contributed by atoms with Crippen molar-refractivity contribution >= 4 is 5.91 Å². The van der Waals surface area contributed by atoms with Gasteiger partial charge < -0.3 is 10.6 Å². The summed E-state index contributed by atoms with van der Waals surface area (Å²) < 4.78 is 1.58. The van der Waals surface area contributed by atoms with Gasteiger partial charge in [0, 0.05) is 19.6 Å². The first kappa shape index (κ1) is 13.2. The first-order valence-electron chi connectivity index (χ1n) is 6.08. The van der Waals surface area contributed by atoms with Crippen LogP contribution in [0.1, 0.15) is 17.4 Å². The zero-order valence-corrected chi connectivity index (χ0v) is 11.0. The predicted molar refractivity (Wildman–Crippen MR) is 72.0 cm³/mol. The first-order chi connectivity index (χ1) is 9.13. The second kappa shape index (κ2) is 5.62. The van der Waals surface area contributed by atoms with Gasteiger partial charge in [0.05, 0.1) is 11.9 Å². The van der Waals surface area contributed by atoms with Crippen LogP contribution in [0.15, 0.2) is 36.5 Å². The average Bonchev–Trinajstić information content (AvgIpc) is 2.95. The molecule has 6 nitrogen and oxygen atoms in total. The number of aromatic nitrogens is 3. The highest BCUT2D eigenvalue weighted by Gasteiger charge is 2.19. The summed E-state index contributed by atoms with van der Waals surface area (Å²) >= 11 is 0. The highest BCUT2D eigenvalue weighted by Crippen LogP contribution is 2.08. The molecule has 1 amide bonds. The van der Waals surface area contributed by atoms with Gasteiger partial charge in [-0.3, -0.25) is 4.79 Å². The highest BCUT2D eigenvalue weighted by atomic mass is 16.2. The number of benzene rings is 1. The fraction of sp³-hybridized carbons (Fsp3) is 0.308. The maximum Gasteiger partial charge on any atom is 0.276 e. The minimum absolute atomic E-state index is 0.0330. The molecule has 0 aliphatic carbocycles. The Morgan fingerprint density at radius 3 is 2.74 bits per heavy atom. The summed E-state index contributed by atoms with van der Waals surface area (Å²) in [5.41, 5.74) is 6.73. The SMILES string of the molecule is CC(CN)N(C)C(=O)c1cn(-c2ccccc2)nn1. The molecule has 1 atom stereocenters. The average molecular weight is 259 g/mol. The quantitative estimate of drug-likeness (QED) is 0.876. The molecule has 0 aliphatic heterocycles. The third-order valence-electron chi connectivity index (χ3n) is 3.06. The third-order valence-corrected chi connectivity index (χ3v) is 3.06. The molecule has 0 saturated heterocycles. The normalized spacial score (nSPS) is 12.2. The lowest BCUT2D eigenvalue weighted by Gasteiger charge is -2.22. The van der Waals surface area contributed by atoms with E-state index in [2.05, 4.69) is 10.3 Å². The third kappa shape index (κ3) is 2.79. The van der Waals surface area contributed by atoms with Crippen molar-refractivity contribution in [3.05, 3.63) is 42.2 Å². The van der Waals surface area contributed by atoms with Gasteiger partial charge in [0.15, 0.2) is 5.69 Å². The van der Waals surface area contributed by atoms with Crippen LogP contribution >= 0.6 is 0 Å². The fourth-order valence-electron chi connectivity index (χ4n) is 1.61. The lowest BCUT2D eigenvalue weighted by molar-refractivity contribution is 0.0742. The Bertz CT molecular complexity index is 551. The molecule has 1 aromatic heterocycles. The molecule has 0 saturated carbocycles. The second-order valence-electron chi connectivity index (χ2n) is 4.38. The summed E-state index contributed by atoms with van der Waals surface area (Å²) in [6, 6.07) is 9.49. The van der Waals surface area contributed by atoms with Crippen LogP contribution in [0.4, 0.5) is 0 Å². The van der Waals surface area contributed by atoms with Gasteiger partial charge in [-0.25, -0.2) is 4.68 Å². The van der Waals surface area contributed by atoms with Crippen molar-refractivity contribution in [2.45, 2.75) is 13.0 Å². The van der Waals surface area contributed by atoms with Crippen LogP contribution in [0.5, 0.6) is 0 Å². The van der Waals surface area contributed by atoms with E-state index in [9.17, 15) is 4.79 Å². The molecule has 0 aliphatic rings. The number of hydrogen-bond donors (Lipinski definition) is 1. The summed E-state index contributed by atoms with van der Waals surface area (Å²) in [7, 11) is 1.71. The van der Waals surface area contributed by atoms with Crippen molar-refractivity contribution in [1.82, 2.24) is 19.9 Å². The Hall–Kier alpha value is -2.21. The van der Waals surface area contributed by atoms with Crippen LogP contribution < -0.4 is 5.73 Å². The standard InChI is InChI=1S/C13H17N5O/c1-10(8-14)17(2)13(19)12-9-18(16-15-12)11-6-4-3-5-7-11/h3-7,9-10H,8,14H2,1-2H3. The Labute approximate surface area is 111 Å². The lowest BCUT2D eigenvalue weighted by atomic mass is 10.3. The number of para-hydroxylation sites is 1. The fourth-order valence-corrected chi connectivity index (χ4v) is 1.61. The Kier molecular flexibility index (Phi) is 3.91. The van der Waals surface area contributed by atoms with Crippen LogP contribution in [0, 0.1) is 0 Å². The summed E-state index contributed by atoms with van der Waals surface area (Å²) in [6.45, 7) is 2.30. The van der Waals surface area contributed by atoms with E-state index in [0.29, 0.717) is 12.2 Å². The van der Waals surface area contributed by atoms with Crippen LogP contribution in [0.2, 0.25) is 0 Å². The maximum absolute atomic E-state index is 12.1. The van der Waals surface area contributed by atoms with Gasteiger partial charge in [-0.15, -0.1) is 5.10 Å². The highest BCUT2D eigenvalue weighted by molar-refractivity contribution is 5.92. The van der Waals surface area contributed by atoms with E-state index in [-0.39, 0.29) is 11.9 Å². The molecule has 1 heterocycles. The summed E-state index contributed by atoms with van der Waals surface area (Å²) in [5.74, 6) is -0.180. The second-order valence-corrected chi connectivity index (χ2v) is 4.38. The Morgan fingerprint density at radius 1 is 1.42 bits per heavy atom. The number of likely N-dealkylation sites (N-methyl/N-ethyl adjacent to an activating group) is 1. The maximum atomic E-state index is 12.1. The summed E-state index contributed by atoms with van der Waals surface area (Å²) in [4.78, 5) is 13.7. The molecule has 19 heavy (non-hydrogen) atoms. The van der Waals surface area contributed by atoms with Gasteiger partial charge in [0.2, 0.25) is 0 Å². The first-order valence-corrected chi connectivity index (χ1v) is 6.08. The monoisotopic (exact) mass is 259 g/mol. The Balaban J connectivity index is 2.20. The van der Waals surface area contributed by atoms with Crippen molar-refractivity contribution in [1.29, 1.82) is 0 Å². The molecule has 1 unspecified atom stereocenters. The molecule has 2 aromatic rings. The number of amides is 1. The largest absolute Gasteiger partial charge is 0.336 e. The number of hydrogen-bond acceptors (Lipinski definition) is 4. The Morgan fingerprint density at radius 2 is 2.11 bits per heavy atom. The lowest BCUT2D eigenvalue weighted by Crippen LogP contribution is -2.39. The van der Waals surface area contributed by atoms with Gasteiger partial charge in [0.1, 0.15) is 0 Å². The molecule has 0 spiro atoms. The number of nitrogens with two attached hydrogens (primary N) is 1. The molecule has 0 bridgehead atoms. The van der Waals surface area contributed by atoms with Crippen molar-refractivity contribution in [2.24, 2.45) is 5.73 Å². The van der Waals surface area contributed by atoms with Crippen molar-refractivity contribution in [3.63, 3.8) is 0 Å². The van der Waals surface area contributed by atoms with E-state index < -0.39 is 0 Å². The molecule has 2 rings (SSSR count). The van der Waals surface area contributed by atoms with E-state index >= 15 is 0 Å². The number of rotatable bonds is 4. The van der Waals surface area contributed by atoms with Crippen LogP contribution in [0.25, 0.3) is 5.69 Å². The van der Waals surface area contributed by atoms with Crippen molar-refractivity contribution in [3.8, 4) is 5.69 Å². The van der Waals surface area contributed by atoms with E-state index in [0.717, 1.165) is 5.69 Å². The number of nitrogens with zero attached hydrogens (tertiary/aromatic N) is 4. The van der Waals surface area contributed by atoms with Gasteiger partial charge in [-0.1, -0.05) is 23.4 Å². The topological polar surface area (TPSA) is 77.0 Å². The van der Waals surface area contributed by atoms with Gasteiger partial charge in [-0.05, 0) is 19.1 Å². The van der Waals surface area contributed by atoms with Gasteiger partial charge in [0.25, 0.3) is 5.91 Å². The molecule has 6 heteroatoms. The van der Waals surface area contributed by atoms with E-state index in [4.69, 9.17) is 5.73 Å². The number of carbonyl (C=O) groups is 1. The van der Waals surface area contributed by atoms with Crippen molar-refractivity contribution < 1.29 is 4.79 Å². The number of carbonyl (C=O) groups excluding carboxylic acids is 1. The van der Waals surface area contributed by atoms with Crippen LogP contribution in [-0.2, 0) is 0 Å². The molecule has 100 valence electrons. The van der Waals surface area contributed by atoms with Crippen LogP contribution in [0.3, 0.4) is 0 Å². The van der Waals surface area contributed by atoms with E-state index in [1.165, 1.54) is 0 Å². The molecule has 0 fully saturated rings. The minimum atomic E-state index is -0.180. The van der Waals surface area contributed by atoms with Gasteiger partial charge in [-0.2, -0.15) is 0 Å². The van der Waals surface area contributed by atoms with Gasteiger partial charge >= 0.3 is 0 Å². The summed E-state index contributed by atoms with van der Waals surface area (Å²) in [6.07, 6.45) is 1.62. The zero-order chi connectivity index (χ0) is 13.8.